The summed E-state index contributed by atoms with van der Waals surface area (Å²) in [5, 5.41) is 0. The molecule has 0 aromatic heterocycles. The molecule has 0 bridgehead atoms. The number of halogens is 3. The van der Waals surface area contributed by atoms with Crippen LogP contribution in [-0.2, 0) is 20.9 Å². The predicted octanol–water partition coefficient (Wildman–Crippen LogP) is 2.05. The van der Waals surface area contributed by atoms with Gasteiger partial charge in [0, 0.05) is 18.8 Å². The monoisotopic (exact) mass is 338 g/mol. The van der Waals surface area contributed by atoms with E-state index in [1.807, 2.05) is 0 Å². The Morgan fingerprint density at radius 2 is 2.09 bits per heavy atom. The zero-order valence-electron chi connectivity index (χ0n) is 11.9. The molecule has 1 aliphatic rings. The number of benzene rings is 1. The second kappa shape index (κ2) is 6.05. The molecule has 9 heteroatoms. The number of nitrogens with two attached hydrogens (primary N) is 1. The molecule has 22 heavy (non-hydrogen) atoms. The van der Waals surface area contributed by atoms with Crippen LogP contribution in [0.1, 0.15) is 24.0 Å². The number of hydrogen-bond acceptors (Lipinski definition) is 4. The second-order valence-corrected chi connectivity index (χ2v) is 6.91. The van der Waals surface area contributed by atoms with E-state index in [-0.39, 0.29) is 23.9 Å². The number of hydrogen-bond donors (Lipinski definition) is 2. The van der Waals surface area contributed by atoms with Gasteiger partial charge >= 0.3 is 6.18 Å². The van der Waals surface area contributed by atoms with Gasteiger partial charge in [0.25, 0.3) is 0 Å². The normalized spacial score (nSPS) is 19.5. The fraction of sp³-hybridized carbons (Fsp3) is 0.538. The predicted molar refractivity (Wildman–Crippen MR) is 74.8 cm³/mol. The molecule has 1 unspecified atom stereocenters. The molecule has 0 spiro atoms. The first kappa shape index (κ1) is 17.0. The van der Waals surface area contributed by atoms with Crippen LogP contribution in [-0.4, -0.2) is 27.7 Å². The highest BCUT2D eigenvalue weighted by atomic mass is 32.2. The fourth-order valence-electron chi connectivity index (χ4n) is 2.24. The van der Waals surface area contributed by atoms with Crippen LogP contribution >= 0.6 is 0 Å². The standard InChI is InChI=1S/C13H17F3N2O3S/c1-8-11(17)5-9(13(14,15)16)6-12(8)22(19,20)18-7-10-3-2-4-21-10/h5-6,10,18H,2-4,7,17H2,1H3. The van der Waals surface area contributed by atoms with Gasteiger partial charge in [-0.1, -0.05) is 0 Å². The number of anilines is 1. The van der Waals surface area contributed by atoms with Crippen LogP contribution in [0.5, 0.6) is 0 Å². The molecule has 1 aromatic carbocycles. The lowest BCUT2D eigenvalue weighted by Crippen LogP contribution is -2.32. The van der Waals surface area contributed by atoms with Gasteiger partial charge in [-0.3, -0.25) is 0 Å². The molecule has 1 atom stereocenters. The smallest absolute Gasteiger partial charge is 0.398 e. The van der Waals surface area contributed by atoms with Crippen LogP contribution < -0.4 is 10.5 Å². The summed E-state index contributed by atoms with van der Waals surface area (Å²) in [5.41, 5.74) is 4.30. The van der Waals surface area contributed by atoms with Crippen molar-refractivity contribution in [2.75, 3.05) is 18.9 Å². The number of nitrogen functional groups attached to an aromatic ring is 1. The summed E-state index contributed by atoms with van der Waals surface area (Å²) in [5.74, 6) is 0. The van der Waals surface area contributed by atoms with Crippen LogP contribution in [0.3, 0.4) is 0 Å². The van der Waals surface area contributed by atoms with Gasteiger partial charge < -0.3 is 10.5 Å². The maximum Gasteiger partial charge on any atom is 0.416 e. The van der Waals surface area contributed by atoms with Gasteiger partial charge in [-0.2, -0.15) is 13.2 Å². The SMILES string of the molecule is Cc1c(N)cc(C(F)(F)F)cc1S(=O)(=O)NCC1CCCO1. The van der Waals surface area contributed by atoms with Gasteiger partial charge in [0.05, 0.1) is 16.6 Å². The molecule has 0 radical (unpaired) electrons. The van der Waals surface area contributed by atoms with Crippen molar-refractivity contribution in [2.24, 2.45) is 0 Å². The quantitative estimate of drug-likeness (QED) is 0.824. The van der Waals surface area contributed by atoms with Crippen molar-refractivity contribution in [1.82, 2.24) is 4.72 Å². The van der Waals surface area contributed by atoms with E-state index < -0.39 is 26.7 Å². The molecule has 1 aromatic rings. The molecule has 5 nitrogen and oxygen atoms in total. The first-order valence-corrected chi connectivity index (χ1v) is 8.18. The van der Waals surface area contributed by atoms with E-state index in [0.29, 0.717) is 19.1 Å². The van der Waals surface area contributed by atoms with E-state index >= 15 is 0 Å². The number of rotatable bonds is 4. The fourth-order valence-corrected chi connectivity index (χ4v) is 3.60. The maximum atomic E-state index is 12.8. The molecular weight excluding hydrogens is 321 g/mol. The van der Waals surface area contributed by atoms with Gasteiger partial charge in [0.2, 0.25) is 10.0 Å². The van der Waals surface area contributed by atoms with E-state index in [1.54, 1.807) is 0 Å². The minimum atomic E-state index is -4.67. The molecule has 0 aliphatic carbocycles. The molecule has 0 saturated carbocycles. The number of ether oxygens (including phenoxy) is 1. The molecule has 2 rings (SSSR count). The van der Waals surface area contributed by atoms with Gasteiger partial charge in [-0.25, -0.2) is 13.1 Å². The summed E-state index contributed by atoms with van der Waals surface area (Å²) >= 11 is 0. The van der Waals surface area contributed by atoms with Crippen molar-refractivity contribution >= 4 is 15.7 Å². The zero-order chi connectivity index (χ0) is 16.5. The minimum absolute atomic E-state index is 0.0257. The van der Waals surface area contributed by atoms with Crippen molar-refractivity contribution in [2.45, 2.75) is 36.9 Å². The lowest BCUT2D eigenvalue weighted by molar-refractivity contribution is -0.137. The van der Waals surface area contributed by atoms with Crippen molar-refractivity contribution in [3.63, 3.8) is 0 Å². The maximum absolute atomic E-state index is 12.8. The van der Waals surface area contributed by atoms with Crippen molar-refractivity contribution in [3.8, 4) is 0 Å². The minimum Gasteiger partial charge on any atom is -0.398 e. The molecule has 1 saturated heterocycles. The van der Waals surface area contributed by atoms with E-state index in [9.17, 15) is 21.6 Å². The van der Waals surface area contributed by atoms with Crippen LogP contribution in [0.15, 0.2) is 17.0 Å². The number of alkyl halides is 3. The highest BCUT2D eigenvalue weighted by Crippen LogP contribution is 2.34. The highest BCUT2D eigenvalue weighted by molar-refractivity contribution is 7.89. The average molecular weight is 338 g/mol. The Hall–Kier alpha value is -1.32. The van der Waals surface area contributed by atoms with Crippen LogP contribution in [0, 0.1) is 6.92 Å². The molecular formula is C13H17F3N2O3S. The summed E-state index contributed by atoms with van der Waals surface area (Å²) in [6.45, 7) is 1.95. The van der Waals surface area contributed by atoms with Gasteiger partial charge in [-0.15, -0.1) is 0 Å². The zero-order valence-corrected chi connectivity index (χ0v) is 12.7. The van der Waals surface area contributed by atoms with Crippen LogP contribution in [0.4, 0.5) is 18.9 Å². The molecule has 0 amide bonds. The van der Waals surface area contributed by atoms with Crippen LogP contribution in [0.25, 0.3) is 0 Å². The molecule has 1 fully saturated rings. The number of sulfonamides is 1. The largest absolute Gasteiger partial charge is 0.416 e. The lowest BCUT2D eigenvalue weighted by atomic mass is 10.1. The summed E-state index contributed by atoms with van der Waals surface area (Å²) in [6.07, 6.45) is -3.37. The topological polar surface area (TPSA) is 81.4 Å². The average Bonchev–Trinajstić information content (AvgIpc) is 2.91. The Morgan fingerprint density at radius 1 is 1.41 bits per heavy atom. The van der Waals surface area contributed by atoms with Crippen molar-refractivity contribution < 1.29 is 26.3 Å². The summed E-state index contributed by atoms with van der Waals surface area (Å²) in [4.78, 5) is -0.460. The van der Waals surface area contributed by atoms with Gasteiger partial charge in [0.15, 0.2) is 0 Å². The Labute approximate surface area is 126 Å². The van der Waals surface area contributed by atoms with Crippen molar-refractivity contribution in [1.29, 1.82) is 0 Å². The first-order valence-electron chi connectivity index (χ1n) is 6.70. The Morgan fingerprint density at radius 3 is 2.64 bits per heavy atom. The Bertz CT molecular complexity index is 653. The number of nitrogens with one attached hydrogen (secondary N) is 1. The summed E-state index contributed by atoms with van der Waals surface area (Å²) in [7, 11) is -4.09. The van der Waals surface area contributed by atoms with Gasteiger partial charge in [-0.05, 0) is 37.5 Å². The van der Waals surface area contributed by atoms with E-state index in [0.717, 1.165) is 12.5 Å². The van der Waals surface area contributed by atoms with Crippen molar-refractivity contribution in [3.05, 3.63) is 23.3 Å². The third kappa shape index (κ3) is 3.71. The van der Waals surface area contributed by atoms with E-state index in [1.165, 1.54) is 6.92 Å². The van der Waals surface area contributed by atoms with Gasteiger partial charge in [0.1, 0.15) is 0 Å². The molecule has 1 aliphatic heterocycles. The van der Waals surface area contributed by atoms with E-state index in [4.69, 9.17) is 10.5 Å². The Kier molecular flexibility index (Phi) is 4.69. The molecule has 1 heterocycles. The molecule has 124 valence electrons. The summed E-state index contributed by atoms with van der Waals surface area (Å²) in [6, 6.07) is 1.33. The van der Waals surface area contributed by atoms with E-state index in [2.05, 4.69) is 4.72 Å². The highest BCUT2D eigenvalue weighted by Gasteiger charge is 2.33. The first-order chi connectivity index (χ1) is 10.1. The second-order valence-electron chi connectivity index (χ2n) is 5.17. The summed E-state index contributed by atoms with van der Waals surface area (Å²) < 4.78 is 70.5. The molecule has 3 N–H and O–H groups in total. The third-order valence-electron chi connectivity index (χ3n) is 3.54. The van der Waals surface area contributed by atoms with Crippen LogP contribution in [0.2, 0.25) is 0 Å². The lowest BCUT2D eigenvalue weighted by Gasteiger charge is -2.16. The Balaban J connectivity index is 2.30. The third-order valence-corrected chi connectivity index (χ3v) is 5.09.